The van der Waals surface area contributed by atoms with Gasteiger partial charge in [-0.05, 0) is 12.8 Å². The van der Waals surface area contributed by atoms with Crippen molar-refractivity contribution in [3.63, 3.8) is 0 Å². The van der Waals surface area contributed by atoms with Gasteiger partial charge in [-0.3, -0.25) is 9.59 Å². The second-order valence-electron chi connectivity index (χ2n) is 4.80. The van der Waals surface area contributed by atoms with E-state index in [0.717, 1.165) is 51.2 Å². The molecular weight excluding hydrogens is 248 g/mol. The maximum atomic E-state index is 10.6. The third-order valence-electron chi connectivity index (χ3n) is 3.16. The Hall–Kier alpha value is -1.39. The lowest BCUT2D eigenvalue weighted by molar-refractivity contribution is -0.154. The van der Waals surface area contributed by atoms with Crippen molar-refractivity contribution in [2.24, 2.45) is 5.92 Å². The highest BCUT2D eigenvalue weighted by molar-refractivity contribution is 5.92. The average molecular weight is 272 g/mol. The Labute approximate surface area is 114 Å². The molecule has 0 aliphatic rings. The fourth-order valence-electron chi connectivity index (χ4n) is 1.99. The highest BCUT2D eigenvalue weighted by Gasteiger charge is 2.24. The summed E-state index contributed by atoms with van der Waals surface area (Å²) in [6.07, 6.45) is 9.73. The number of carboxylic acids is 2. The quantitative estimate of drug-likeness (QED) is 0.305. The molecule has 0 rings (SSSR count). The Morgan fingerprint density at radius 1 is 0.789 bits per heavy atom. The van der Waals surface area contributed by atoms with Gasteiger partial charge in [-0.2, -0.15) is 0 Å². The van der Waals surface area contributed by atoms with Gasteiger partial charge in [-0.1, -0.05) is 44.9 Å². The molecule has 110 valence electrons. The SMILES string of the molecule is O=CCCCCCCCCCCC(C(=O)O)C(=O)O. The molecule has 0 spiro atoms. The lowest BCUT2D eigenvalue weighted by Gasteiger charge is -2.06. The number of aliphatic carboxylic acids is 2. The number of aldehydes is 1. The van der Waals surface area contributed by atoms with Crippen LogP contribution in [0.25, 0.3) is 0 Å². The summed E-state index contributed by atoms with van der Waals surface area (Å²) in [5, 5.41) is 17.4. The van der Waals surface area contributed by atoms with E-state index in [0.29, 0.717) is 12.8 Å². The summed E-state index contributed by atoms with van der Waals surface area (Å²) < 4.78 is 0. The highest BCUT2D eigenvalue weighted by Crippen LogP contribution is 2.14. The van der Waals surface area contributed by atoms with Crippen molar-refractivity contribution in [1.29, 1.82) is 0 Å². The molecule has 0 aromatic rings. The Morgan fingerprint density at radius 2 is 1.21 bits per heavy atom. The smallest absolute Gasteiger partial charge is 0.317 e. The molecule has 0 radical (unpaired) electrons. The molecule has 0 bridgehead atoms. The van der Waals surface area contributed by atoms with Gasteiger partial charge in [-0.15, -0.1) is 0 Å². The Bertz CT molecular complexity index is 261. The van der Waals surface area contributed by atoms with E-state index in [2.05, 4.69) is 0 Å². The van der Waals surface area contributed by atoms with Crippen molar-refractivity contribution in [3.8, 4) is 0 Å². The first-order valence-electron chi connectivity index (χ1n) is 6.99. The first-order valence-corrected chi connectivity index (χ1v) is 6.99. The van der Waals surface area contributed by atoms with Crippen LogP contribution in [0.3, 0.4) is 0 Å². The van der Waals surface area contributed by atoms with E-state index in [4.69, 9.17) is 10.2 Å². The summed E-state index contributed by atoms with van der Waals surface area (Å²) in [6, 6.07) is 0. The molecule has 0 aromatic carbocycles. The molecule has 0 aliphatic heterocycles. The van der Waals surface area contributed by atoms with Gasteiger partial charge in [0, 0.05) is 6.42 Å². The van der Waals surface area contributed by atoms with Crippen LogP contribution >= 0.6 is 0 Å². The molecule has 0 amide bonds. The largest absolute Gasteiger partial charge is 0.481 e. The van der Waals surface area contributed by atoms with Crippen LogP contribution in [0.2, 0.25) is 0 Å². The lowest BCUT2D eigenvalue weighted by atomic mass is 10.00. The summed E-state index contributed by atoms with van der Waals surface area (Å²) in [4.78, 5) is 31.3. The Balaban J connectivity index is 3.37. The maximum Gasteiger partial charge on any atom is 0.317 e. The van der Waals surface area contributed by atoms with E-state index < -0.39 is 17.9 Å². The molecule has 0 heterocycles. The second kappa shape index (κ2) is 11.7. The predicted molar refractivity (Wildman–Crippen MR) is 71.0 cm³/mol. The average Bonchev–Trinajstić information content (AvgIpc) is 2.35. The van der Waals surface area contributed by atoms with Crippen LogP contribution in [-0.2, 0) is 14.4 Å². The van der Waals surface area contributed by atoms with Crippen LogP contribution in [-0.4, -0.2) is 28.4 Å². The van der Waals surface area contributed by atoms with Crippen molar-refractivity contribution < 1.29 is 24.6 Å². The summed E-state index contributed by atoms with van der Waals surface area (Å²) in [5.41, 5.74) is 0. The molecule has 0 saturated heterocycles. The fourth-order valence-corrected chi connectivity index (χ4v) is 1.99. The van der Waals surface area contributed by atoms with Gasteiger partial charge in [0.05, 0.1) is 0 Å². The van der Waals surface area contributed by atoms with E-state index in [1.165, 1.54) is 0 Å². The van der Waals surface area contributed by atoms with Gasteiger partial charge in [0.15, 0.2) is 5.92 Å². The molecule has 0 aliphatic carbocycles. The molecule has 0 fully saturated rings. The minimum atomic E-state index is -1.26. The number of hydrogen-bond donors (Lipinski definition) is 2. The van der Waals surface area contributed by atoms with Crippen LogP contribution in [0.5, 0.6) is 0 Å². The Morgan fingerprint density at radius 3 is 1.63 bits per heavy atom. The number of carbonyl (C=O) groups is 3. The maximum absolute atomic E-state index is 10.6. The molecule has 5 heteroatoms. The van der Waals surface area contributed by atoms with Crippen molar-refractivity contribution in [2.45, 2.75) is 64.2 Å². The molecule has 2 N–H and O–H groups in total. The van der Waals surface area contributed by atoms with E-state index in [-0.39, 0.29) is 6.42 Å². The highest BCUT2D eigenvalue weighted by atomic mass is 16.4. The van der Waals surface area contributed by atoms with Crippen LogP contribution in [0.4, 0.5) is 0 Å². The van der Waals surface area contributed by atoms with Gasteiger partial charge >= 0.3 is 11.9 Å². The van der Waals surface area contributed by atoms with Crippen molar-refractivity contribution in [2.75, 3.05) is 0 Å². The zero-order valence-corrected chi connectivity index (χ0v) is 11.3. The normalized spacial score (nSPS) is 10.6. The molecular formula is C14H24O5. The summed E-state index contributed by atoms with van der Waals surface area (Å²) in [6.45, 7) is 0. The van der Waals surface area contributed by atoms with E-state index >= 15 is 0 Å². The van der Waals surface area contributed by atoms with Gasteiger partial charge in [0.1, 0.15) is 6.29 Å². The molecule has 0 atom stereocenters. The number of rotatable bonds is 13. The Kier molecular flexibility index (Phi) is 10.8. The topological polar surface area (TPSA) is 91.7 Å². The standard InChI is InChI=1S/C14H24O5/c15-11-9-7-5-3-1-2-4-6-8-10-12(13(16)17)14(18)19/h11-12H,1-10H2,(H,16,17)(H,18,19). The van der Waals surface area contributed by atoms with Gasteiger partial charge in [-0.25, -0.2) is 0 Å². The van der Waals surface area contributed by atoms with E-state index in [1.54, 1.807) is 0 Å². The molecule has 0 aromatic heterocycles. The van der Waals surface area contributed by atoms with E-state index in [1.807, 2.05) is 0 Å². The zero-order chi connectivity index (χ0) is 14.5. The minimum Gasteiger partial charge on any atom is -0.481 e. The third-order valence-corrected chi connectivity index (χ3v) is 3.16. The molecule has 19 heavy (non-hydrogen) atoms. The summed E-state index contributed by atoms with van der Waals surface area (Å²) in [5.74, 6) is -3.76. The zero-order valence-electron chi connectivity index (χ0n) is 11.3. The number of hydrogen-bond acceptors (Lipinski definition) is 3. The fraction of sp³-hybridized carbons (Fsp3) is 0.786. The number of unbranched alkanes of at least 4 members (excludes halogenated alkanes) is 8. The second-order valence-corrected chi connectivity index (χ2v) is 4.80. The van der Waals surface area contributed by atoms with Crippen LogP contribution < -0.4 is 0 Å². The molecule has 0 saturated carbocycles. The monoisotopic (exact) mass is 272 g/mol. The minimum absolute atomic E-state index is 0.212. The van der Waals surface area contributed by atoms with Crippen LogP contribution in [0, 0.1) is 5.92 Å². The van der Waals surface area contributed by atoms with Gasteiger partial charge in [0.2, 0.25) is 0 Å². The van der Waals surface area contributed by atoms with E-state index in [9.17, 15) is 14.4 Å². The molecule has 0 unspecified atom stereocenters. The summed E-state index contributed by atoms with van der Waals surface area (Å²) >= 11 is 0. The predicted octanol–water partition coefficient (Wildman–Crippen LogP) is 2.87. The van der Waals surface area contributed by atoms with Crippen LogP contribution in [0.15, 0.2) is 0 Å². The van der Waals surface area contributed by atoms with Crippen LogP contribution in [0.1, 0.15) is 64.2 Å². The number of carboxylic acid groups (broad SMARTS) is 2. The first-order chi connectivity index (χ1) is 9.09. The van der Waals surface area contributed by atoms with Crippen molar-refractivity contribution >= 4 is 18.2 Å². The molecule has 5 nitrogen and oxygen atoms in total. The van der Waals surface area contributed by atoms with Crippen molar-refractivity contribution in [1.82, 2.24) is 0 Å². The van der Waals surface area contributed by atoms with Gasteiger partial charge in [0.25, 0.3) is 0 Å². The first kappa shape index (κ1) is 17.6. The van der Waals surface area contributed by atoms with Crippen molar-refractivity contribution in [3.05, 3.63) is 0 Å². The summed E-state index contributed by atoms with van der Waals surface area (Å²) in [7, 11) is 0. The van der Waals surface area contributed by atoms with Gasteiger partial charge < -0.3 is 15.0 Å². The lowest BCUT2D eigenvalue weighted by Crippen LogP contribution is -2.23. The third kappa shape index (κ3) is 10.2. The number of carbonyl (C=O) groups excluding carboxylic acids is 1.